The second kappa shape index (κ2) is 15.1. The molecule has 0 radical (unpaired) electrons. The van der Waals surface area contributed by atoms with Gasteiger partial charge >= 0.3 is 0 Å². The number of fused-ring (bicyclic) bond motifs is 4. The molecule has 0 saturated heterocycles. The first-order chi connectivity index (χ1) is 29.7. The summed E-state index contributed by atoms with van der Waals surface area (Å²) in [6, 6.07) is 85.0. The van der Waals surface area contributed by atoms with Crippen LogP contribution in [0.2, 0.25) is 0 Å². The Morgan fingerprint density at radius 3 is 1.63 bits per heavy atom. The van der Waals surface area contributed by atoms with Crippen LogP contribution in [0.1, 0.15) is 0 Å². The van der Waals surface area contributed by atoms with E-state index < -0.39 is 0 Å². The van der Waals surface area contributed by atoms with E-state index in [9.17, 15) is 0 Å². The molecule has 11 rings (SSSR count). The lowest BCUT2D eigenvalue weighted by Crippen LogP contribution is -2.12. The highest BCUT2D eigenvalue weighted by molar-refractivity contribution is 6.14. The average Bonchev–Trinajstić information content (AvgIpc) is 3.72. The molecule has 60 heavy (non-hydrogen) atoms. The molecule has 2 nitrogen and oxygen atoms in total. The standard InChI is InChI=1S/C58H39NO/c1-3-14-40(15-4-1)43-28-31-45(32-29-43)57-51(52-24-13-27-56-58(52)53-22-9-10-26-55(53)60-56)23-12-25-54(57)59(50-21-11-20-47(39-50)41-16-5-2-6-17-41)49-36-34-44(35-37-49)48-33-30-42-18-7-8-19-46(42)38-48/h1-39H. The van der Waals surface area contributed by atoms with Gasteiger partial charge in [-0.25, -0.2) is 0 Å². The van der Waals surface area contributed by atoms with Crippen LogP contribution in [0.3, 0.4) is 0 Å². The van der Waals surface area contributed by atoms with Gasteiger partial charge in [-0.1, -0.05) is 188 Å². The van der Waals surface area contributed by atoms with Crippen molar-refractivity contribution >= 4 is 49.8 Å². The third kappa shape index (κ3) is 6.41. The maximum Gasteiger partial charge on any atom is 0.136 e. The van der Waals surface area contributed by atoms with Crippen LogP contribution < -0.4 is 4.90 Å². The fourth-order valence-corrected chi connectivity index (χ4v) is 8.77. The Labute approximate surface area is 349 Å². The van der Waals surface area contributed by atoms with Gasteiger partial charge in [-0.3, -0.25) is 0 Å². The number of hydrogen-bond acceptors (Lipinski definition) is 2. The van der Waals surface area contributed by atoms with E-state index in [1.807, 2.05) is 6.07 Å². The van der Waals surface area contributed by atoms with Gasteiger partial charge in [-0.2, -0.15) is 0 Å². The van der Waals surface area contributed by atoms with Crippen molar-refractivity contribution in [3.05, 3.63) is 237 Å². The highest BCUT2D eigenvalue weighted by atomic mass is 16.3. The quantitative estimate of drug-likeness (QED) is 0.153. The van der Waals surface area contributed by atoms with Gasteiger partial charge in [0.05, 0.1) is 5.69 Å². The van der Waals surface area contributed by atoms with Gasteiger partial charge in [0.25, 0.3) is 0 Å². The molecule has 0 N–H and O–H groups in total. The van der Waals surface area contributed by atoms with Crippen LogP contribution >= 0.6 is 0 Å². The summed E-state index contributed by atoms with van der Waals surface area (Å²) in [6.07, 6.45) is 0. The Bertz CT molecular complexity index is 3290. The summed E-state index contributed by atoms with van der Waals surface area (Å²) in [5.41, 5.74) is 16.6. The molecule has 0 bridgehead atoms. The van der Waals surface area contributed by atoms with Crippen LogP contribution in [0, 0.1) is 0 Å². The van der Waals surface area contributed by atoms with Gasteiger partial charge in [-0.05, 0) is 109 Å². The SMILES string of the molecule is c1ccc(-c2ccc(-c3c(-c4cccc5oc6ccccc6c45)cccc3N(c3ccc(-c4ccc5ccccc5c4)cc3)c3cccc(-c4ccccc4)c3)cc2)cc1. The third-order valence-electron chi connectivity index (χ3n) is 11.7. The second-order valence-electron chi connectivity index (χ2n) is 15.3. The fraction of sp³-hybridized carbons (Fsp3) is 0. The lowest BCUT2D eigenvalue weighted by molar-refractivity contribution is 0.669. The first kappa shape index (κ1) is 35.2. The van der Waals surface area contributed by atoms with E-state index in [1.54, 1.807) is 0 Å². The van der Waals surface area contributed by atoms with E-state index in [4.69, 9.17) is 4.42 Å². The Hall–Kier alpha value is -7.94. The van der Waals surface area contributed by atoms with Crippen LogP contribution in [0.4, 0.5) is 17.1 Å². The van der Waals surface area contributed by atoms with Gasteiger partial charge < -0.3 is 9.32 Å². The monoisotopic (exact) mass is 765 g/mol. The molecule has 0 aliphatic rings. The lowest BCUT2D eigenvalue weighted by atomic mass is 9.89. The molecule has 0 saturated carbocycles. The van der Waals surface area contributed by atoms with Crippen LogP contribution in [0.25, 0.3) is 88.3 Å². The smallest absolute Gasteiger partial charge is 0.136 e. The minimum Gasteiger partial charge on any atom is -0.456 e. The number of rotatable bonds is 8. The Morgan fingerprint density at radius 1 is 0.300 bits per heavy atom. The molecule has 0 unspecified atom stereocenters. The summed E-state index contributed by atoms with van der Waals surface area (Å²) in [5, 5.41) is 4.70. The van der Waals surface area contributed by atoms with Crippen molar-refractivity contribution in [1.82, 2.24) is 0 Å². The van der Waals surface area contributed by atoms with E-state index in [2.05, 4.69) is 235 Å². The maximum atomic E-state index is 6.46. The summed E-state index contributed by atoms with van der Waals surface area (Å²) in [6.45, 7) is 0. The highest BCUT2D eigenvalue weighted by Gasteiger charge is 2.23. The van der Waals surface area contributed by atoms with Gasteiger partial charge in [0, 0.05) is 27.7 Å². The number of para-hydroxylation sites is 1. The van der Waals surface area contributed by atoms with Crippen molar-refractivity contribution in [2.24, 2.45) is 0 Å². The number of hydrogen-bond donors (Lipinski definition) is 0. The molecular formula is C58H39NO. The summed E-state index contributed by atoms with van der Waals surface area (Å²) < 4.78 is 6.46. The number of benzene rings is 10. The molecular weight excluding hydrogens is 727 g/mol. The van der Waals surface area contributed by atoms with Crippen molar-refractivity contribution in [1.29, 1.82) is 0 Å². The summed E-state index contributed by atoms with van der Waals surface area (Å²) in [5.74, 6) is 0. The molecule has 0 fully saturated rings. The minimum atomic E-state index is 0.876. The molecule has 1 heterocycles. The Morgan fingerprint density at radius 2 is 0.833 bits per heavy atom. The average molecular weight is 766 g/mol. The first-order valence-electron chi connectivity index (χ1n) is 20.5. The van der Waals surface area contributed by atoms with E-state index >= 15 is 0 Å². The predicted octanol–water partition coefficient (Wildman–Crippen LogP) is 16.5. The van der Waals surface area contributed by atoms with Gasteiger partial charge in [0.15, 0.2) is 0 Å². The van der Waals surface area contributed by atoms with Crippen LogP contribution in [0.15, 0.2) is 241 Å². The Kier molecular flexibility index (Phi) is 8.87. The number of anilines is 3. The van der Waals surface area contributed by atoms with Crippen molar-refractivity contribution in [2.75, 3.05) is 4.90 Å². The zero-order valence-corrected chi connectivity index (χ0v) is 32.9. The minimum absolute atomic E-state index is 0.876. The van der Waals surface area contributed by atoms with Crippen molar-refractivity contribution < 1.29 is 4.42 Å². The molecule has 0 amide bonds. The number of furan rings is 1. The van der Waals surface area contributed by atoms with Crippen LogP contribution in [-0.2, 0) is 0 Å². The van der Waals surface area contributed by atoms with E-state index in [-0.39, 0.29) is 0 Å². The maximum absolute atomic E-state index is 6.46. The van der Waals surface area contributed by atoms with Crippen molar-refractivity contribution in [2.45, 2.75) is 0 Å². The first-order valence-corrected chi connectivity index (χ1v) is 20.5. The third-order valence-corrected chi connectivity index (χ3v) is 11.7. The topological polar surface area (TPSA) is 16.4 Å². The molecule has 0 aliphatic carbocycles. The van der Waals surface area contributed by atoms with Crippen LogP contribution in [-0.4, -0.2) is 0 Å². The molecule has 0 spiro atoms. The largest absolute Gasteiger partial charge is 0.456 e. The highest BCUT2D eigenvalue weighted by Crippen LogP contribution is 2.48. The molecule has 1 aromatic heterocycles. The van der Waals surface area contributed by atoms with Crippen molar-refractivity contribution in [3.63, 3.8) is 0 Å². The van der Waals surface area contributed by atoms with E-state index in [0.29, 0.717) is 0 Å². The normalized spacial score (nSPS) is 11.3. The molecule has 10 aromatic carbocycles. The van der Waals surface area contributed by atoms with E-state index in [1.165, 1.54) is 38.6 Å². The molecule has 2 heteroatoms. The molecule has 0 aliphatic heterocycles. The Balaban J connectivity index is 1.15. The van der Waals surface area contributed by atoms with Crippen molar-refractivity contribution in [3.8, 4) is 55.6 Å². The molecule has 11 aromatic rings. The second-order valence-corrected chi connectivity index (χ2v) is 15.3. The van der Waals surface area contributed by atoms with Gasteiger partial charge in [-0.15, -0.1) is 0 Å². The van der Waals surface area contributed by atoms with Gasteiger partial charge in [0.2, 0.25) is 0 Å². The predicted molar refractivity (Wildman–Crippen MR) is 253 cm³/mol. The zero-order valence-electron chi connectivity index (χ0n) is 32.9. The fourth-order valence-electron chi connectivity index (χ4n) is 8.77. The zero-order chi connectivity index (χ0) is 39.8. The molecule has 282 valence electrons. The van der Waals surface area contributed by atoms with Gasteiger partial charge in [0.1, 0.15) is 11.2 Å². The summed E-state index contributed by atoms with van der Waals surface area (Å²) in [7, 11) is 0. The van der Waals surface area contributed by atoms with Crippen LogP contribution in [0.5, 0.6) is 0 Å². The summed E-state index contributed by atoms with van der Waals surface area (Å²) in [4.78, 5) is 2.42. The molecule has 0 atom stereocenters. The van der Waals surface area contributed by atoms with E-state index in [0.717, 1.165) is 66.8 Å². The summed E-state index contributed by atoms with van der Waals surface area (Å²) >= 11 is 0. The number of nitrogens with zero attached hydrogens (tertiary/aromatic N) is 1. The lowest BCUT2D eigenvalue weighted by Gasteiger charge is -2.30.